The molecular formula is C9H16N2OS. The zero-order valence-corrected chi connectivity index (χ0v) is 9.23. The van der Waals surface area contributed by atoms with E-state index in [2.05, 4.69) is 18.9 Å². The van der Waals surface area contributed by atoms with Crippen LogP contribution >= 0.6 is 11.8 Å². The predicted octanol–water partition coefficient (Wildman–Crippen LogP) is 2.72. The van der Waals surface area contributed by atoms with Gasteiger partial charge in [-0.25, -0.2) is 5.01 Å². The van der Waals surface area contributed by atoms with E-state index in [9.17, 15) is 4.79 Å². The van der Waals surface area contributed by atoms with E-state index < -0.39 is 0 Å². The lowest BCUT2D eigenvalue weighted by molar-refractivity contribution is 0.234. The normalized spacial score (nSPS) is 23.3. The molecule has 0 fully saturated rings. The Morgan fingerprint density at radius 1 is 1.54 bits per heavy atom. The van der Waals surface area contributed by atoms with Crippen LogP contribution in [-0.4, -0.2) is 28.3 Å². The lowest BCUT2D eigenvalue weighted by Gasteiger charge is -2.25. The van der Waals surface area contributed by atoms with E-state index >= 15 is 0 Å². The van der Waals surface area contributed by atoms with Crippen molar-refractivity contribution in [1.82, 2.24) is 5.01 Å². The molecule has 0 aromatic rings. The molecule has 1 aliphatic heterocycles. The number of hydrogen-bond acceptors (Lipinski definition) is 3. The third-order valence-electron chi connectivity index (χ3n) is 2.03. The third-order valence-corrected chi connectivity index (χ3v) is 3.39. The van der Waals surface area contributed by atoms with Crippen LogP contribution in [0, 0.1) is 0 Å². The zero-order chi connectivity index (χ0) is 9.84. The van der Waals surface area contributed by atoms with E-state index in [-0.39, 0.29) is 5.24 Å². The Bertz CT molecular complexity index is 228. The summed E-state index contributed by atoms with van der Waals surface area (Å²) < 4.78 is 0. The molecule has 0 aromatic carbocycles. The number of hydrogen-bond donors (Lipinski definition) is 0. The number of nitrogens with zero attached hydrogens (tertiary/aromatic N) is 2. The van der Waals surface area contributed by atoms with Crippen molar-refractivity contribution in [2.45, 2.75) is 38.4 Å². The van der Waals surface area contributed by atoms with Gasteiger partial charge in [-0.3, -0.25) is 4.79 Å². The van der Waals surface area contributed by atoms with Crippen molar-refractivity contribution in [3.05, 3.63) is 0 Å². The maximum atomic E-state index is 11.3. The first-order valence-corrected chi connectivity index (χ1v) is 5.58. The molecule has 1 atom stereocenters. The standard InChI is InChI=1S/C9H16N2OS/c1-4-6-7-8(5-2)13-9(12)11(3)10-7/h8H,4-6H2,1-3H3. The fourth-order valence-corrected chi connectivity index (χ4v) is 2.25. The molecule has 4 heteroatoms. The minimum atomic E-state index is 0.0618. The molecule has 0 spiro atoms. The van der Waals surface area contributed by atoms with E-state index in [0.29, 0.717) is 5.25 Å². The third kappa shape index (κ3) is 2.46. The van der Waals surface area contributed by atoms with Crippen LogP contribution in [0.2, 0.25) is 0 Å². The van der Waals surface area contributed by atoms with Crippen molar-refractivity contribution >= 4 is 22.7 Å². The summed E-state index contributed by atoms with van der Waals surface area (Å²) in [6.07, 6.45) is 3.09. The van der Waals surface area contributed by atoms with Gasteiger partial charge in [0.05, 0.1) is 11.0 Å². The molecule has 0 N–H and O–H groups in total. The van der Waals surface area contributed by atoms with Gasteiger partial charge in [0.25, 0.3) is 0 Å². The van der Waals surface area contributed by atoms with Gasteiger partial charge in [0, 0.05) is 7.05 Å². The number of thioether (sulfide) groups is 1. The zero-order valence-electron chi connectivity index (χ0n) is 8.41. The summed E-state index contributed by atoms with van der Waals surface area (Å²) in [5.41, 5.74) is 1.16. The Labute approximate surface area is 83.6 Å². The Hall–Kier alpha value is -0.510. The highest BCUT2D eigenvalue weighted by molar-refractivity contribution is 8.14. The average molecular weight is 200 g/mol. The number of rotatable bonds is 3. The van der Waals surface area contributed by atoms with E-state index in [4.69, 9.17) is 0 Å². The number of amides is 1. The molecule has 0 aliphatic carbocycles. The number of carbonyl (C=O) groups is 1. The molecule has 0 saturated heterocycles. The van der Waals surface area contributed by atoms with E-state index in [0.717, 1.165) is 25.0 Å². The van der Waals surface area contributed by atoms with Crippen LogP contribution in [0.15, 0.2) is 5.10 Å². The molecule has 1 rings (SSSR count). The van der Waals surface area contributed by atoms with Crippen LogP contribution in [0.25, 0.3) is 0 Å². The summed E-state index contributed by atoms with van der Waals surface area (Å²) >= 11 is 1.40. The van der Waals surface area contributed by atoms with Crippen LogP contribution in [-0.2, 0) is 0 Å². The first-order valence-electron chi connectivity index (χ1n) is 4.70. The van der Waals surface area contributed by atoms with Gasteiger partial charge >= 0.3 is 5.24 Å². The van der Waals surface area contributed by atoms with Gasteiger partial charge in [0.1, 0.15) is 0 Å². The molecule has 1 amide bonds. The van der Waals surface area contributed by atoms with E-state index in [1.165, 1.54) is 16.8 Å². The minimum absolute atomic E-state index is 0.0618. The number of hydrazone groups is 1. The molecule has 1 heterocycles. The lowest BCUT2D eigenvalue weighted by atomic mass is 10.1. The molecule has 0 radical (unpaired) electrons. The van der Waals surface area contributed by atoms with Gasteiger partial charge in [-0.15, -0.1) is 0 Å². The molecule has 1 unspecified atom stereocenters. The Morgan fingerprint density at radius 3 is 2.77 bits per heavy atom. The number of carbonyl (C=O) groups excluding carboxylic acids is 1. The molecule has 3 nitrogen and oxygen atoms in total. The van der Waals surface area contributed by atoms with Crippen LogP contribution in [0.5, 0.6) is 0 Å². The second-order valence-electron chi connectivity index (χ2n) is 3.15. The van der Waals surface area contributed by atoms with Crippen LogP contribution < -0.4 is 0 Å². The quantitative estimate of drug-likeness (QED) is 0.701. The first-order chi connectivity index (χ1) is 6.19. The molecule has 1 aliphatic rings. The molecule has 74 valence electrons. The summed E-state index contributed by atoms with van der Waals surface area (Å²) in [5.74, 6) is 0. The SMILES string of the molecule is CCCC1=NN(C)C(=O)SC1CC. The summed E-state index contributed by atoms with van der Waals surface area (Å²) in [5, 5.41) is 6.10. The van der Waals surface area contributed by atoms with Crippen molar-refractivity contribution < 1.29 is 4.79 Å². The smallest absolute Gasteiger partial charge is 0.260 e. The largest absolute Gasteiger partial charge is 0.302 e. The summed E-state index contributed by atoms with van der Waals surface area (Å²) in [6, 6.07) is 0. The van der Waals surface area contributed by atoms with E-state index in [1.54, 1.807) is 7.05 Å². The van der Waals surface area contributed by atoms with Gasteiger partial charge < -0.3 is 0 Å². The summed E-state index contributed by atoms with van der Waals surface area (Å²) in [6.45, 7) is 4.23. The monoisotopic (exact) mass is 200 g/mol. The molecule has 0 bridgehead atoms. The fourth-order valence-electron chi connectivity index (χ4n) is 1.35. The molecule has 0 aromatic heterocycles. The van der Waals surface area contributed by atoms with Crippen LogP contribution in [0.1, 0.15) is 33.1 Å². The summed E-state index contributed by atoms with van der Waals surface area (Å²) in [7, 11) is 1.72. The van der Waals surface area contributed by atoms with Gasteiger partial charge in [-0.1, -0.05) is 32.0 Å². The highest BCUT2D eigenvalue weighted by atomic mass is 32.2. The van der Waals surface area contributed by atoms with Crippen LogP contribution in [0.3, 0.4) is 0 Å². The molecule has 0 saturated carbocycles. The Balaban J connectivity index is 2.75. The van der Waals surface area contributed by atoms with Crippen molar-refractivity contribution in [2.75, 3.05) is 7.05 Å². The van der Waals surface area contributed by atoms with Crippen LogP contribution in [0.4, 0.5) is 4.79 Å². The fraction of sp³-hybridized carbons (Fsp3) is 0.778. The van der Waals surface area contributed by atoms with Gasteiger partial charge in [0.15, 0.2) is 0 Å². The molecule has 13 heavy (non-hydrogen) atoms. The minimum Gasteiger partial charge on any atom is -0.260 e. The maximum Gasteiger partial charge on any atom is 0.302 e. The molecular weight excluding hydrogens is 184 g/mol. The van der Waals surface area contributed by atoms with E-state index in [1.807, 2.05) is 0 Å². The van der Waals surface area contributed by atoms with Gasteiger partial charge in [-0.05, 0) is 12.8 Å². The first kappa shape index (κ1) is 10.6. The second kappa shape index (κ2) is 4.65. The Kier molecular flexibility index (Phi) is 3.78. The highest BCUT2D eigenvalue weighted by Crippen LogP contribution is 2.26. The van der Waals surface area contributed by atoms with Gasteiger partial charge in [-0.2, -0.15) is 5.10 Å². The average Bonchev–Trinajstić information content (AvgIpc) is 2.11. The van der Waals surface area contributed by atoms with Crippen molar-refractivity contribution in [3.63, 3.8) is 0 Å². The second-order valence-corrected chi connectivity index (χ2v) is 4.30. The maximum absolute atomic E-state index is 11.3. The van der Waals surface area contributed by atoms with Gasteiger partial charge in [0.2, 0.25) is 0 Å². The van der Waals surface area contributed by atoms with Crippen molar-refractivity contribution in [2.24, 2.45) is 5.10 Å². The highest BCUT2D eigenvalue weighted by Gasteiger charge is 2.25. The van der Waals surface area contributed by atoms with Crippen molar-refractivity contribution in [3.8, 4) is 0 Å². The van der Waals surface area contributed by atoms with Crippen molar-refractivity contribution in [1.29, 1.82) is 0 Å². The predicted molar refractivity (Wildman–Crippen MR) is 57.2 cm³/mol. The summed E-state index contributed by atoms with van der Waals surface area (Å²) in [4.78, 5) is 11.3. The topological polar surface area (TPSA) is 32.7 Å². The lowest BCUT2D eigenvalue weighted by Crippen LogP contribution is -2.32. The Morgan fingerprint density at radius 2 is 2.23 bits per heavy atom.